The predicted molar refractivity (Wildman–Crippen MR) is 143 cm³/mol. The Morgan fingerprint density at radius 3 is 2.18 bits per heavy atom. The summed E-state index contributed by atoms with van der Waals surface area (Å²) in [7, 11) is 0. The van der Waals surface area contributed by atoms with Crippen LogP contribution in [0.25, 0.3) is 43.8 Å². The van der Waals surface area contributed by atoms with E-state index in [1.807, 2.05) is 42.5 Å². The number of pyridine rings is 2. The summed E-state index contributed by atoms with van der Waals surface area (Å²) in [6.45, 7) is 0. The monoisotopic (exact) mass is 438 g/mol. The zero-order valence-corrected chi connectivity index (χ0v) is 19.1. The molecule has 1 aliphatic carbocycles. The van der Waals surface area contributed by atoms with Gasteiger partial charge in [0.2, 0.25) is 0 Å². The number of nitrogens with zero attached hydrogens (tertiary/aromatic N) is 2. The number of aryl methyl sites for hydroxylation is 2. The van der Waals surface area contributed by atoms with Crippen molar-refractivity contribution in [1.29, 1.82) is 0 Å². The standard InChI is InChI=1S/C18H16.C14H10N2/c1-3-7-15-13(5-1)9-11-18-16-8-4-2-6-14(16)10-12-17(15)18;1-2-6-12-11(5-1)8-9-14(16-12)13-7-3-4-10-15-13/h1,3,5,7,9-12H,2,4,6,8H2;1-10H. The molecule has 0 saturated heterocycles. The molecular formula is C32H26N2. The second-order valence-corrected chi connectivity index (χ2v) is 8.90. The van der Waals surface area contributed by atoms with Gasteiger partial charge in [-0.3, -0.25) is 4.98 Å². The van der Waals surface area contributed by atoms with Crippen molar-refractivity contribution in [3.8, 4) is 11.4 Å². The fourth-order valence-corrected chi connectivity index (χ4v) is 5.07. The summed E-state index contributed by atoms with van der Waals surface area (Å²) in [6, 6.07) is 36.0. The topological polar surface area (TPSA) is 25.8 Å². The number of hydrogen-bond acceptors (Lipinski definition) is 2. The van der Waals surface area contributed by atoms with Crippen LogP contribution in [0.1, 0.15) is 24.0 Å². The Morgan fingerprint density at radius 2 is 1.26 bits per heavy atom. The smallest absolute Gasteiger partial charge is 0.0893 e. The van der Waals surface area contributed by atoms with Gasteiger partial charge < -0.3 is 0 Å². The molecule has 2 heteroatoms. The van der Waals surface area contributed by atoms with E-state index in [4.69, 9.17) is 0 Å². The average molecular weight is 439 g/mol. The first kappa shape index (κ1) is 20.6. The Labute approximate surface area is 199 Å². The van der Waals surface area contributed by atoms with E-state index in [0.29, 0.717) is 0 Å². The van der Waals surface area contributed by atoms with Crippen LogP contribution < -0.4 is 0 Å². The first-order valence-corrected chi connectivity index (χ1v) is 12.1. The summed E-state index contributed by atoms with van der Waals surface area (Å²) in [5, 5.41) is 6.80. The van der Waals surface area contributed by atoms with Gasteiger partial charge in [0.25, 0.3) is 0 Å². The third-order valence-corrected chi connectivity index (χ3v) is 6.78. The number of rotatable bonds is 1. The minimum Gasteiger partial charge on any atom is -0.255 e. The number of benzene rings is 4. The fourth-order valence-electron chi connectivity index (χ4n) is 5.07. The second-order valence-electron chi connectivity index (χ2n) is 8.90. The van der Waals surface area contributed by atoms with Crippen molar-refractivity contribution in [3.05, 3.63) is 120 Å². The number of hydrogen-bond donors (Lipinski definition) is 0. The molecule has 0 saturated carbocycles. The van der Waals surface area contributed by atoms with Crippen LogP contribution in [0.4, 0.5) is 0 Å². The Balaban J connectivity index is 0.000000129. The quantitative estimate of drug-likeness (QED) is 0.242. The maximum absolute atomic E-state index is 4.58. The van der Waals surface area contributed by atoms with Gasteiger partial charge in [0.1, 0.15) is 0 Å². The molecule has 0 unspecified atom stereocenters. The van der Waals surface area contributed by atoms with Crippen molar-refractivity contribution in [2.45, 2.75) is 25.7 Å². The van der Waals surface area contributed by atoms with Crippen LogP contribution >= 0.6 is 0 Å². The third kappa shape index (κ3) is 3.92. The Bertz CT molecular complexity index is 1600. The van der Waals surface area contributed by atoms with Crippen molar-refractivity contribution < 1.29 is 0 Å². The maximum Gasteiger partial charge on any atom is 0.0893 e. The van der Waals surface area contributed by atoms with Crippen molar-refractivity contribution >= 4 is 32.4 Å². The highest BCUT2D eigenvalue weighted by molar-refractivity contribution is 6.08. The van der Waals surface area contributed by atoms with Crippen LogP contribution in [0, 0.1) is 0 Å². The lowest BCUT2D eigenvalue weighted by molar-refractivity contribution is 0.690. The zero-order chi connectivity index (χ0) is 22.7. The summed E-state index contributed by atoms with van der Waals surface area (Å²) in [4.78, 5) is 8.88. The molecule has 34 heavy (non-hydrogen) atoms. The van der Waals surface area contributed by atoms with Crippen molar-refractivity contribution in [3.63, 3.8) is 0 Å². The van der Waals surface area contributed by atoms with Gasteiger partial charge in [0.05, 0.1) is 16.9 Å². The molecule has 2 heterocycles. The van der Waals surface area contributed by atoms with Crippen LogP contribution in [0.2, 0.25) is 0 Å². The van der Waals surface area contributed by atoms with Crippen LogP contribution in [-0.2, 0) is 12.8 Å². The van der Waals surface area contributed by atoms with Crippen LogP contribution in [0.15, 0.2) is 109 Å². The molecule has 0 amide bonds. The molecule has 0 atom stereocenters. The van der Waals surface area contributed by atoms with Gasteiger partial charge in [-0.05, 0) is 82.6 Å². The molecule has 0 radical (unpaired) electrons. The van der Waals surface area contributed by atoms with Gasteiger partial charge >= 0.3 is 0 Å². The SMILES string of the molecule is c1ccc(-c2ccc3ccccc3n2)nc1.c1ccc2c(c1)ccc1c3c(ccc12)CCCC3. The molecule has 0 aliphatic heterocycles. The second kappa shape index (κ2) is 9.07. The summed E-state index contributed by atoms with van der Waals surface area (Å²) in [5.41, 5.74) is 6.01. The summed E-state index contributed by atoms with van der Waals surface area (Å²) < 4.78 is 0. The zero-order valence-electron chi connectivity index (χ0n) is 19.1. The fraction of sp³-hybridized carbons (Fsp3) is 0.125. The Hall–Kier alpha value is -4.04. The lowest BCUT2D eigenvalue weighted by Gasteiger charge is -2.18. The number of para-hydroxylation sites is 1. The number of fused-ring (bicyclic) bond motifs is 6. The molecule has 2 aromatic heterocycles. The summed E-state index contributed by atoms with van der Waals surface area (Å²) in [6.07, 6.45) is 7.00. The van der Waals surface area contributed by atoms with Crippen LogP contribution in [0.5, 0.6) is 0 Å². The average Bonchev–Trinajstić information content (AvgIpc) is 2.93. The van der Waals surface area contributed by atoms with Gasteiger partial charge in [-0.15, -0.1) is 0 Å². The van der Waals surface area contributed by atoms with Gasteiger partial charge in [-0.25, -0.2) is 4.98 Å². The van der Waals surface area contributed by atoms with E-state index in [-0.39, 0.29) is 0 Å². The van der Waals surface area contributed by atoms with Gasteiger partial charge in [0, 0.05) is 11.6 Å². The third-order valence-electron chi connectivity index (χ3n) is 6.78. The predicted octanol–water partition coefficient (Wildman–Crippen LogP) is 8.17. The molecule has 0 N–H and O–H groups in total. The molecule has 1 aliphatic rings. The Kier molecular flexibility index (Phi) is 5.48. The van der Waals surface area contributed by atoms with Crippen molar-refractivity contribution in [2.75, 3.05) is 0 Å². The van der Waals surface area contributed by atoms with E-state index in [2.05, 4.69) is 70.6 Å². The highest BCUT2D eigenvalue weighted by atomic mass is 14.8. The van der Waals surface area contributed by atoms with Gasteiger partial charge in [-0.2, -0.15) is 0 Å². The first-order valence-electron chi connectivity index (χ1n) is 12.1. The lowest BCUT2D eigenvalue weighted by Crippen LogP contribution is -2.02. The molecule has 4 aromatic carbocycles. The summed E-state index contributed by atoms with van der Waals surface area (Å²) in [5.74, 6) is 0. The molecule has 164 valence electrons. The van der Waals surface area contributed by atoms with Crippen LogP contribution in [0.3, 0.4) is 0 Å². The minimum absolute atomic E-state index is 0.910. The molecule has 7 rings (SSSR count). The lowest BCUT2D eigenvalue weighted by atomic mass is 9.86. The van der Waals surface area contributed by atoms with E-state index in [0.717, 1.165) is 22.3 Å². The van der Waals surface area contributed by atoms with Crippen molar-refractivity contribution in [1.82, 2.24) is 9.97 Å². The highest BCUT2D eigenvalue weighted by Crippen LogP contribution is 2.33. The van der Waals surface area contributed by atoms with E-state index < -0.39 is 0 Å². The molecule has 0 fully saturated rings. The molecule has 0 bridgehead atoms. The van der Waals surface area contributed by atoms with Crippen molar-refractivity contribution in [2.24, 2.45) is 0 Å². The van der Waals surface area contributed by atoms with E-state index in [1.54, 1.807) is 17.3 Å². The van der Waals surface area contributed by atoms with E-state index >= 15 is 0 Å². The minimum atomic E-state index is 0.910. The largest absolute Gasteiger partial charge is 0.255 e. The first-order chi connectivity index (χ1) is 16.9. The summed E-state index contributed by atoms with van der Waals surface area (Å²) >= 11 is 0. The van der Waals surface area contributed by atoms with Crippen LogP contribution in [-0.4, -0.2) is 9.97 Å². The maximum atomic E-state index is 4.58. The number of aromatic nitrogens is 2. The van der Waals surface area contributed by atoms with Gasteiger partial charge in [0.15, 0.2) is 0 Å². The molecule has 0 spiro atoms. The highest BCUT2D eigenvalue weighted by Gasteiger charge is 2.13. The van der Waals surface area contributed by atoms with Gasteiger partial charge in [-0.1, -0.05) is 78.9 Å². The van der Waals surface area contributed by atoms with E-state index in [9.17, 15) is 0 Å². The molecule has 6 aromatic rings. The molecular weight excluding hydrogens is 412 g/mol. The normalized spacial score (nSPS) is 12.8. The van der Waals surface area contributed by atoms with E-state index in [1.165, 1.54) is 47.2 Å². The molecule has 2 nitrogen and oxygen atoms in total. The Morgan fingerprint density at radius 1 is 0.500 bits per heavy atom.